The summed E-state index contributed by atoms with van der Waals surface area (Å²) >= 11 is 0. The van der Waals surface area contributed by atoms with Gasteiger partial charge < -0.3 is 20.9 Å². The number of rotatable bonds is 5. The zero-order chi connectivity index (χ0) is 19.1. The summed E-state index contributed by atoms with van der Waals surface area (Å²) < 4.78 is 0. The molecule has 1 amide bonds. The fourth-order valence-electron chi connectivity index (χ4n) is 2.98. The fraction of sp³-hybridized carbons (Fsp3) is 0.333. The molecule has 2 aromatic rings. The zero-order valence-corrected chi connectivity index (χ0v) is 16.0. The number of carbonyl (C=O) groups excluding carboxylic acids is 1. The smallest absolute Gasteiger partial charge is 0.239 e. The van der Waals surface area contributed by atoms with Crippen molar-refractivity contribution in [3.05, 3.63) is 65.2 Å². The molecule has 142 valence electrons. The van der Waals surface area contributed by atoms with Gasteiger partial charge in [-0.25, -0.2) is 0 Å². The van der Waals surface area contributed by atoms with Crippen LogP contribution in [-0.4, -0.2) is 38.5 Å². The van der Waals surface area contributed by atoms with Crippen LogP contribution >= 0.6 is 0 Å². The Balaban J connectivity index is 1.49. The average molecular weight is 365 g/mol. The van der Waals surface area contributed by atoms with Crippen LogP contribution in [0.4, 0.5) is 5.69 Å². The Hall–Kier alpha value is -3.02. The van der Waals surface area contributed by atoms with Crippen LogP contribution in [0.1, 0.15) is 16.7 Å². The van der Waals surface area contributed by atoms with Gasteiger partial charge in [-0.3, -0.25) is 9.79 Å². The second-order valence-corrected chi connectivity index (χ2v) is 6.70. The van der Waals surface area contributed by atoms with Crippen molar-refractivity contribution in [1.29, 1.82) is 0 Å². The molecule has 0 unspecified atom stereocenters. The number of hydrogen-bond acceptors (Lipinski definition) is 3. The van der Waals surface area contributed by atoms with Crippen LogP contribution in [0.25, 0.3) is 0 Å². The van der Waals surface area contributed by atoms with Gasteiger partial charge in [-0.1, -0.05) is 42.0 Å². The second-order valence-electron chi connectivity index (χ2n) is 6.70. The molecule has 1 aliphatic rings. The first-order chi connectivity index (χ1) is 13.1. The summed E-state index contributed by atoms with van der Waals surface area (Å²) in [5.41, 5.74) is 4.72. The van der Waals surface area contributed by atoms with E-state index in [1.807, 2.05) is 0 Å². The Labute approximate surface area is 160 Å². The van der Waals surface area contributed by atoms with E-state index in [1.54, 1.807) is 7.05 Å². The number of guanidine groups is 1. The molecular formula is C21H27N5O. The normalized spacial score (nSPS) is 14.7. The summed E-state index contributed by atoms with van der Waals surface area (Å²) in [6.45, 7) is 5.48. The monoisotopic (exact) mass is 365 g/mol. The number of amides is 1. The number of aliphatic imine (C=N–C) groups is 1. The van der Waals surface area contributed by atoms with Crippen molar-refractivity contribution in [1.82, 2.24) is 16.0 Å². The number of nitrogens with zero attached hydrogens (tertiary/aromatic N) is 2. The van der Waals surface area contributed by atoms with E-state index in [2.05, 4.69) is 81.3 Å². The highest BCUT2D eigenvalue weighted by Gasteiger charge is 2.16. The van der Waals surface area contributed by atoms with Crippen molar-refractivity contribution in [3.8, 4) is 0 Å². The largest absolute Gasteiger partial charge is 0.360 e. The molecule has 1 fully saturated rings. The van der Waals surface area contributed by atoms with Crippen molar-refractivity contribution >= 4 is 17.6 Å². The fourth-order valence-corrected chi connectivity index (χ4v) is 2.98. The van der Waals surface area contributed by atoms with E-state index < -0.39 is 0 Å². The van der Waals surface area contributed by atoms with Crippen LogP contribution in [0, 0.1) is 6.92 Å². The molecule has 0 spiro atoms. The third-order valence-corrected chi connectivity index (χ3v) is 4.60. The van der Waals surface area contributed by atoms with Gasteiger partial charge in [0.05, 0.1) is 6.54 Å². The van der Waals surface area contributed by atoms with Crippen LogP contribution in [-0.2, 0) is 17.9 Å². The van der Waals surface area contributed by atoms with Gasteiger partial charge in [0, 0.05) is 38.9 Å². The molecular weight excluding hydrogens is 338 g/mol. The molecule has 1 aliphatic heterocycles. The molecule has 27 heavy (non-hydrogen) atoms. The first-order valence-electron chi connectivity index (χ1n) is 9.25. The number of piperazine rings is 1. The minimum absolute atomic E-state index is 0.0791. The van der Waals surface area contributed by atoms with Crippen molar-refractivity contribution in [3.63, 3.8) is 0 Å². The van der Waals surface area contributed by atoms with Crippen molar-refractivity contribution in [2.45, 2.75) is 20.0 Å². The molecule has 3 N–H and O–H groups in total. The van der Waals surface area contributed by atoms with Gasteiger partial charge in [-0.15, -0.1) is 0 Å². The molecule has 1 saturated heterocycles. The molecule has 0 atom stereocenters. The number of benzene rings is 2. The molecule has 2 aromatic carbocycles. The Morgan fingerprint density at radius 3 is 2.19 bits per heavy atom. The highest BCUT2D eigenvalue weighted by Crippen LogP contribution is 2.16. The Bertz CT molecular complexity index is 783. The number of anilines is 1. The maximum absolute atomic E-state index is 11.5. The highest BCUT2D eigenvalue weighted by molar-refractivity contribution is 5.82. The van der Waals surface area contributed by atoms with Crippen LogP contribution in [0.3, 0.4) is 0 Å². The minimum atomic E-state index is 0.0791. The SMILES string of the molecule is CN=C(NCc1ccc(C)cc1)NCc1ccc(N2CCNC(=O)C2)cc1. The van der Waals surface area contributed by atoms with Gasteiger partial charge in [0.2, 0.25) is 5.91 Å². The van der Waals surface area contributed by atoms with Crippen molar-refractivity contribution < 1.29 is 4.79 Å². The van der Waals surface area contributed by atoms with E-state index in [1.165, 1.54) is 16.7 Å². The maximum Gasteiger partial charge on any atom is 0.239 e. The van der Waals surface area contributed by atoms with Gasteiger partial charge in [-0.2, -0.15) is 0 Å². The Morgan fingerprint density at radius 2 is 1.63 bits per heavy atom. The van der Waals surface area contributed by atoms with E-state index in [0.29, 0.717) is 19.6 Å². The summed E-state index contributed by atoms with van der Waals surface area (Å²) in [5, 5.41) is 9.51. The predicted molar refractivity (Wildman–Crippen MR) is 110 cm³/mol. The molecule has 0 aliphatic carbocycles. The Kier molecular flexibility index (Phi) is 6.30. The molecule has 0 bridgehead atoms. The van der Waals surface area contributed by atoms with E-state index in [9.17, 15) is 4.79 Å². The lowest BCUT2D eigenvalue weighted by Crippen LogP contribution is -2.47. The first kappa shape index (κ1) is 18.8. The van der Waals surface area contributed by atoms with Gasteiger partial charge in [0.25, 0.3) is 0 Å². The number of hydrogen-bond donors (Lipinski definition) is 3. The van der Waals surface area contributed by atoms with E-state index in [0.717, 1.165) is 24.7 Å². The summed E-state index contributed by atoms with van der Waals surface area (Å²) in [4.78, 5) is 17.9. The summed E-state index contributed by atoms with van der Waals surface area (Å²) in [7, 11) is 1.77. The molecule has 0 aromatic heterocycles. The summed E-state index contributed by atoms with van der Waals surface area (Å²) in [6, 6.07) is 16.8. The van der Waals surface area contributed by atoms with Crippen LogP contribution in [0.5, 0.6) is 0 Å². The molecule has 1 heterocycles. The lowest BCUT2D eigenvalue weighted by Gasteiger charge is -2.28. The van der Waals surface area contributed by atoms with Crippen LogP contribution < -0.4 is 20.9 Å². The van der Waals surface area contributed by atoms with Gasteiger partial charge >= 0.3 is 0 Å². The zero-order valence-electron chi connectivity index (χ0n) is 16.0. The molecule has 3 rings (SSSR count). The minimum Gasteiger partial charge on any atom is -0.360 e. The first-order valence-corrected chi connectivity index (χ1v) is 9.25. The van der Waals surface area contributed by atoms with E-state index >= 15 is 0 Å². The number of aryl methyl sites for hydroxylation is 1. The second kappa shape index (κ2) is 9.07. The average Bonchev–Trinajstić information content (AvgIpc) is 2.70. The van der Waals surface area contributed by atoms with Crippen molar-refractivity contribution in [2.75, 3.05) is 31.6 Å². The third-order valence-electron chi connectivity index (χ3n) is 4.60. The standard InChI is InChI=1S/C21H27N5O/c1-16-3-5-17(6-4-16)13-24-21(22-2)25-14-18-7-9-19(10-8-18)26-12-11-23-20(27)15-26/h3-10H,11-15H2,1-2H3,(H,23,27)(H2,22,24,25). The molecule has 0 radical (unpaired) electrons. The van der Waals surface area contributed by atoms with E-state index in [4.69, 9.17) is 0 Å². The lowest BCUT2D eigenvalue weighted by molar-refractivity contribution is -0.120. The summed E-state index contributed by atoms with van der Waals surface area (Å²) in [6.07, 6.45) is 0. The van der Waals surface area contributed by atoms with E-state index in [-0.39, 0.29) is 5.91 Å². The third kappa shape index (κ3) is 5.48. The topological polar surface area (TPSA) is 68.8 Å². The van der Waals surface area contributed by atoms with Gasteiger partial charge in [-0.05, 0) is 30.2 Å². The predicted octanol–water partition coefficient (Wildman–Crippen LogP) is 1.80. The summed E-state index contributed by atoms with van der Waals surface area (Å²) in [5.74, 6) is 0.850. The highest BCUT2D eigenvalue weighted by atomic mass is 16.2. The lowest BCUT2D eigenvalue weighted by atomic mass is 10.1. The number of nitrogens with one attached hydrogen (secondary N) is 3. The van der Waals surface area contributed by atoms with Crippen LogP contribution in [0.2, 0.25) is 0 Å². The quantitative estimate of drug-likeness (QED) is 0.558. The van der Waals surface area contributed by atoms with Crippen molar-refractivity contribution in [2.24, 2.45) is 4.99 Å². The van der Waals surface area contributed by atoms with Gasteiger partial charge in [0.15, 0.2) is 5.96 Å². The molecule has 6 heteroatoms. The maximum atomic E-state index is 11.5. The Morgan fingerprint density at radius 1 is 1.04 bits per heavy atom. The molecule has 0 saturated carbocycles. The number of carbonyl (C=O) groups is 1. The molecule has 6 nitrogen and oxygen atoms in total. The van der Waals surface area contributed by atoms with Gasteiger partial charge in [0.1, 0.15) is 0 Å². The van der Waals surface area contributed by atoms with Crippen LogP contribution in [0.15, 0.2) is 53.5 Å².